The maximum Gasteiger partial charge on any atom is 0.393 e. The van der Waals surface area contributed by atoms with Crippen LogP contribution in [0, 0.1) is 5.41 Å². The Hall–Kier alpha value is -3.52. The number of thiophene rings is 1. The summed E-state index contributed by atoms with van der Waals surface area (Å²) in [4.78, 5) is 18.3. The van der Waals surface area contributed by atoms with Crippen LogP contribution in [0.4, 0.5) is 23.2 Å². The van der Waals surface area contributed by atoms with E-state index in [1.807, 2.05) is 32.7 Å². The fourth-order valence-electron chi connectivity index (χ4n) is 5.19. The molecular formula is C27H31F4N7O2S. The fraction of sp³-hybridized carbons (Fsp3) is 0.481. The molecule has 4 heterocycles. The molecular weight excluding hydrogens is 562 g/mol. The molecule has 0 spiro atoms. The number of rotatable bonds is 7. The van der Waals surface area contributed by atoms with Crippen LogP contribution in [0.2, 0.25) is 0 Å². The first-order valence-corrected chi connectivity index (χ1v) is 13.9. The summed E-state index contributed by atoms with van der Waals surface area (Å²) in [6.07, 6.45) is -3.45. The molecule has 1 saturated heterocycles. The molecule has 1 amide bonds. The zero-order chi connectivity index (χ0) is 29.7. The lowest BCUT2D eigenvalue weighted by atomic mass is 9.86. The molecule has 3 aromatic heterocycles. The molecule has 3 unspecified atom stereocenters. The van der Waals surface area contributed by atoms with Crippen LogP contribution < -0.4 is 11.1 Å². The highest BCUT2D eigenvalue weighted by atomic mass is 32.1. The van der Waals surface area contributed by atoms with Gasteiger partial charge < -0.3 is 20.5 Å². The predicted octanol–water partition coefficient (Wildman–Crippen LogP) is 5.44. The van der Waals surface area contributed by atoms with Crippen molar-refractivity contribution in [2.24, 2.45) is 11.1 Å². The maximum absolute atomic E-state index is 14.8. The Labute approximate surface area is 237 Å². The van der Waals surface area contributed by atoms with Crippen molar-refractivity contribution in [1.82, 2.24) is 24.8 Å². The van der Waals surface area contributed by atoms with E-state index < -0.39 is 42.2 Å². The summed E-state index contributed by atoms with van der Waals surface area (Å²) >= 11 is 1.11. The number of hydrogen-bond acceptors (Lipinski definition) is 8. The van der Waals surface area contributed by atoms with Gasteiger partial charge in [0.1, 0.15) is 12.2 Å². The van der Waals surface area contributed by atoms with Crippen LogP contribution in [-0.4, -0.2) is 69.3 Å². The second-order valence-electron chi connectivity index (χ2n) is 11.5. The average molecular weight is 594 g/mol. The number of nitrogens with one attached hydrogen (secondary N) is 1. The smallest absolute Gasteiger partial charge is 0.378 e. The number of piperidine rings is 1. The van der Waals surface area contributed by atoms with Crippen LogP contribution in [0.25, 0.3) is 20.8 Å². The summed E-state index contributed by atoms with van der Waals surface area (Å²) in [5.41, 5.74) is 5.62. The molecule has 220 valence electrons. The molecule has 3 atom stereocenters. The van der Waals surface area contributed by atoms with Gasteiger partial charge in [0.2, 0.25) is 5.82 Å². The molecule has 5 rings (SSSR count). The average Bonchev–Trinajstić information content (AvgIpc) is 3.60. The Morgan fingerprint density at radius 3 is 2.68 bits per heavy atom. The number of hydrogen-bond donors (Lipinski definition) is 2. The molecule has 1 fully saturated rings. The second kappa shape index (κ2) is 10.7. The number of carbonyl (C=O) groups excluding carboxylic acids is 1. The normalized spacial score (nSPS) is 19.5. The number of carbonyl (C=O) groups is 1. The van der Waals surface area contributed by atoms with E-state index >= 15 is 0 Å². The third kappa shape index (κ3) is 6.08. The van der Waals surface area contributed by atoms with Gasteiger partial charge in [-0.2, -0.15) is 23.3 Å². The second-order valence-corrected chi connectivity index (χ2v) is 12.5. The Kier molecular flexibility index (Phi) is 7.57. The van der Waals surface area contributed by atoms with Crippen molar-refractivity contribution >= 4 is 33.0 Å². The third-order valence-corrected chi connectivity index (χ3v) is 8.41. The maximum atomic E-state index is 14.8. The number of amides is 1. The minimum Gasteiger partial charge on any atom is -0.378 e. The number of primary amides is 1. The first-order chi connectivity index (χ1) is 19.2. The zero-order valence-corrected chi connectivity index (χ0v) is 23.8. The summed E-state index contributed by atoms with van der Waals surface area (Å²) in [7, 11) is 1.85. The summed E-state index contributed by atoms with van der Waals surface area (Å²) < 4.78 is 63.9. The number of halogens is 4. The van der Waals surface area contributed by atoms with Gasteiger partial charge >= 0.3 is 6.18 Å². The monoisotopic (exact) mass is 593 g/mol. The number of fused-ring (bicyclic) bond motifs is 1. The Balaban J connectivity index is 1.57. The number of alkyl halides is 4. The van der Waals surface area contributed by atoms with Crippen LogP contribution in [0.5, 0.6) is 0 Å². The Morgan fingerprint density at radius 1 is 1.29 bits per heavy atom. The van der Waals surface area contributed by atoms with Gasteiger partial charge in [0.25, 0.3) is 11.8 Å². The largest absolute Gasteiger partial charge is 0.393 e. The van der Waals surface area contributed by atoms with E-state index in [2.05, 4.69) is 20.6 Å². The van der Waals surface area contributed by atoms with Crippen molar-refractivity contribution in [2.75, 3.05) is 25.5 Å². The highest BCUT2D eigenvalue weighted by Crippen LogP contribution is 2.45. The van der Waals surface area contributed by atoms with Gasteiger partial charge in [-0.25, -0.2) is 4.39 Å². The van der Waals surface area contributed by atoms with Gasteiger partial charge in [-0.1, -0.05) is 38.1 Å². The Morgan fingerprint density at radius 2 is 2.05 bits per heavy atom. The molecule has 1 aromatic carbocycles. The minimum atomic E-state index is -4.50. The van der Waals surface area contributed by atoms with E-state index in [0.717, 1.165) is 11.3 Å². The number of nitrogens with two attached hydrogens (primary N) is 1. The lowest BCUT2D eigenvalue weighted by molar-refractivity contribution is -0.126. The lowest BCUT2D eigenvalue weighted by Gasteiger charge is -2.33. The van der Waals surface area contributed by atoms with E-state index in [0.29, 0.717) is 28.7 Å². The van der Waals surface area contributed by atoms with E-state index in [4.69, 9.17) is 10.3 Å². The molecule has 14 heteroatoms. The van der Waals surface area contributed by atoms with Crippen molar-refractivity contribution in [3.05, 3.63) is 47.6 Å². The van der Waals surface area contributed by atoms with Crippen LogP contribution >= 0.6 is 11.3 Å². The van der Waals surface area contributed by atoms with E-state index in [1.54, 1.807) is 18.2 Å². The first kappa shape index (κ1) is 29.0. The first-order valence-electron chi connectivity index (χ1n) is 13.1. The van der Waals surface area contributed by atoms with E-state index in [9.17, 15) is 22.4 Å². The van der Waals surface area contributed by atoms with Crippen molar-refractivity contribution in [3.63, 3.8) is 0 Å². The van der Waals surface area contributed by atoms with E-state index in [1.165, 1.54) is 17.1 Å². The standard InChI is InChI=1S/C27H31F4N7O2S/c1-26(2,3)22(38-12-14(11-33-38)23(32)39)25-35-24(36-40-25)21-16(10-27(29,30)31)15-6-5-7-19(20(15)41-21)34-18-8-9-37(4)13-17(18)28/h5-7,11-12,17-18,22,34H,8-10,13H2,1-4H3,(H2,32,39). The number of nitrogens with zero attached hydrogens (tertiary/aromatic N) is 5. The minimum absolute atomic E-state index is 0.00518. The van der Waals surface area contributed by atoms with Gasteiger partial charge in [0, 0.05) is 19.3 Å². The highest BCUT2D eigenvalue weighted by Gasteiger charge is 2.37. The third-order valence-electron chi connectivity index (χ3n) is 7.13. The van der Waals surface area contributed by atoms with Crippen molar-refractivity contribution < 1.29 is 26.9 Å². The van der Waals surface area contributed by atoms with Crippen LogP contribution in [0.1, 0.15) is 55.0 Å². The molecule has 0 aliphatic carbocycles. The summed E-state index contributed by atoms with van der Waals surface area (Å²) in [6.45, 7) is 6.70. The molecule has 1 aliphatic heterocycles. The number of benzene rings is 1. The van der Waals surface area contributed by atoms with Crippen molar-refractivity contribution in [2.45, 2.75) is 58.0 Å². The highest BCUT2D eigenvalue weighted by molar-refractivity contribution is 7.23. The van der Waals surface area contributed by atoms with Crippen molar-refractivity contribution in [3.8, 4) is 10.7 Å². The topological polar surface area (TPSA) is 115 Å². The fourth-order valence-corrected chi connectivity index (χ4v) is 6.41. The molecule has 3 N–H and O–H groups in total. The summed E-state index contributed by atoms with van der Waals surface area (Å²) in [6, 6.07) is 3.93. The summed E-state index contributed by atoms with van der Waals surface area (Å²) in [5.74, 6) is -0.529. The number of aromatic nitrogens is 4. The van der Waals surface area contributed by atoms with Gasteiger partial charge in [-0.05, 0) is 35.9 Å². The van der Waals surface area contributed by atoms with Crippen LogP contribution in [0.15, 0.2) is 35.1 Å². The molecule has 4 aromatic rings. The number of likely N-dealkylation sites (tertiary alicyclic amines) is 1. The zero-order valence-electron chi connectivity index (χ0n) is 23.0. The predicted molar refractivity (Wildman–Crippen MR) is 148 cm³/mol. The van der Waals surface area contributed by atoms with Crippen LogP contribution in [-0.2, 0) is 6.42 Å². The molecule has 0 bridgehead atoms. The molecule has 0 saturated carbocycles. The van der Waals surface area contributed by atoms with E-state index in [-0.39, 0.29) is 34.3 Å². The van der Waals surface area contributed by atoms with Gasteiger partial charge in [-0.15, -0.1) is 11.3 Å². The molecule has 0 radical (unpaired) electrons. The molecule has 41 heavy (non-hydrogen) atoms. The lowest BCUT2D eigenvalue weighted by Crippen LogP contribution is -2.46. The molecule has 9 nitrogen and oxygen atoms in total. The van der Waals surface area contributed by atoms with Crippen LogP contribution in [0.3, 0.4) is 0 Å². The van der Waals surface area contributed by atoms with Crippen molar-refractivity contribution in [1.29, 1.82) is 0 Å². The van der Waals surface area contributed by atoms with Gasteiger partial charge in [0.15, 0.2) is 0 Å². The van der Waals surface area contributed by atoms with Gasteiger partial charge in [-0.3, -0.25) is 9.48 Å². The van der Waals surface area contributed by atoms with Gasteiger partial charge in [0.05, 0.1) is 39.5 Å². The quantitative estimate of drug-likeness (QED) is 0.274. The Bertz CT molecular complexity index is 1550. The number of anilines is 1. The summed E-state index contributed by atoms with van der Waals surface area (Å²) in [5, 5.41) is 12.0. The SMILES string of the molecule is CN1CCC(Nc2cccc3c(CC(F)(F)F)c(-c4noc(C(n5cc(C(N)=O)cn5)C(C)(C)C)n4)sc23)C(F)C1. The molecule has 1 aliphatic rings.